The minimum Gasteiger partial charge on any atom is -0.375 e. The molecule has 42 heavy (non-hydrogen) atoms. The van der Waals surface area contributed by atoms with Crippen LogP contribution in [-0.4, -0.2) is 68.9 Å². The van der Waals surface area contributed by atoms with Crippen LogP contribution in [0.15, 0.2) is 41.5 Å². The van der Waals surface area contributed by atoms with Gasteiger partial charge in [0.25, 0.3) is 5.56 Å². The van der Waals surface area contributed by atoms with E-state index in [1.807, 2.05) is 17.1 Å². The van der Waals surface area contributed by atoms with Crippen LogP contribution >= 0.6 is 11.6 Å². The Morgan fingerprint density at radius 1 is 1.17 bits per heavy atom. The number of hydrogen-bond acceptors (Lipinski definition) is 8. The van der Waals surface area contributed by atoms with E-state index in [1.165, 1.54) is 6.07 Å². The van der Waals surface area contributed by atoms with Gasteiger partial charge in [0.15, 0.2) is 0 Å². The second-order valence-electron chi connectivity index (χ2n) is 11.7. The van der Waals surface area contributed by atoms with Gasteiger partial charge in [-0.1, -0.05) is 11.6 Å². The van der Waals surface area contributed by atoms with Gasteiger partial charge in [-0.3, -0.25) is 14.0 Å². The number of rotatable bonds is 5. The van der Waals surface area contributed by atoms with Crippen molar-refractivity contribution in [2.24, 2.45) is 0 Å². The van der Waals surface area contributed by atoms with Crippen LogP contribution in [0.2, 0.25) is 5.02 Å². The highest BCUT2D eigenvalue weighted by molar-refractivity contribution is 6.30. The molecule has 0 aliphatic carbocycles. The molecule has 4 aromatic rings. The van der Waals surface area contributed by atoms with Gasteiger partial charge in [-0.2, -0.15) is 5.10 Å². The Morgan fingerprint density at radius 3 is 2.88 bits per heavy atom. The van der Waals surface area contributed by atoms with E-state index in [1.54, 1.807) is 22.8 Å². The maximum absolute atomic E-state index is 15.2. The van der Waals surface area contributed by atoms with Crippen LogP contribution in [0.25, 0.3) is 22.2 Å². The number of nitrogens with zero attached hydrogens (tertiary/aromatic N) is 6. The predicted molar refractivity (Wildman–Crippen MR) is 153 cm³/mol. The van der Waals surface area contributed by atoms with Crippen molar-refractivity contribution in [3.05, 3.63) is 69.2 Å². The summed E-state index contributed by atoms with van der Waals surface area (Å²) in [6.45, 7) is 4.22. The molecule has 0 saturated carbocycles. The molecule has 0 amide bonds. The second-order valence-corrected chi connectivity index (χ2v) is 12.1. The Kier molecular flexibility index (Phi) is 6.33. The van der Waals surface area contributed by atoms with E-state index in [-0.39, 0.29) is 28.9 Å². The molecule has 2 atom stereocenters. The summed E-state index contributed by atoms with van der Waals surface area (Å²) < 4.78 is 36.6. The monoisotopic (exact) mass is 592 g/mol. The number of aromatic nitrogens is 5. The lowest BCUT2D eigenvalue weighted by Crippen LogP contribution is -2.49. The van der Waals surface area contributed by atoms with Gasteiger partial charge in [-0.25, -0.2) is 14.4 Å². The zero-order chi connectivity index (χ0) is 28.4. The fourth-order valence-electron chi connectivity index (χ4n) is 6.58. The Balaban J connectivity index is 1.10. The lowest BCUT2D eigenvalue weighted by Gasteiger charge is -2.37. The molecule has 1 spiro atoms. The minimum atomic E-state index is -0.509. The zero-order valence-electron chi connectivity index (χ0n) is 23.0. The van der Waals surface area contributed by atoms with Crippen LogP contribution < -0.4 is 10.5 Å². The number of anilines is 1. The molecular weight excluding hydrogens is 563 g/mol. The first kappa shape index (κ1) is 26.3. The number of hydrogen-bond donors (Lipinski definition) is 0. The Morgan fingerprint density at radius 2 is 2.07 bits per heavy atom. The molecule has 7 heterocycles. The van der Waals surface area contributed by atoms with Gasteiger partial charge in [-0.05, 0) is 43.5 Å². The van der Waals surface area contributed by atoms with Crippen molar-refractivity contribution >= 4 is 28.3 Å². The second kappa shape index (κ2) is 10.1. The number of fused-ring (bicyclic) bond motifs is 2. The summed E-state index contributed by atoms with van der Waals surface area (Å²) in [6.07, 6.45) is 7.31. The van der Waals surface area contributed by atoms with Crippen molar-refractivity contribution in [3.63, 3.8) is 0 Å². The van der Waals surface area contributed by atoms with Crippen molar-refractivity contribution in [1.29, 1.82) is 0 Å². The fourth-order valence-corrected chi connectivity index (χ4v) is 6.74. The molecule has 10 nitrogen and oxygen atoms in total. The van der Waals surface area contributed by atoms with Crippen molar-refractivity contribution in [2.45, 2.75) is 56.6 Å². The fraction of sp³-hybridized carbons (Fsp3) is 0.467. The maximum atomic E-state index is 15.2. The largest absolute Gasteiger partial charge is 0.375 e. The molecule has 12 heteroatoms. The molecule has 0 N–H and O–H groups in total. The number of benzene rings is 1. The number of halogens is 2. The molecule has 218 valence electrons. The Labute approximate surface area is 246 Å². The molecule has 0 radical (unpaired) electrons. The van der Waals surface area contributed by atoms with E-state index in [2.05, 4.69) is 10.00 Å². The highest BCUT2D eigenvalue weighted by Crippen LogP contribution is 2.37. The molecule has 1 unspecified atom stereocenters. The molecule has 4 aliphatic rings. The first-order valence-electron chi connectivity index (χ1n) is 14.5. The summed E-state index contributed by atoms with van der Waals surface area (Å²) in [7, 11) is 0. The first-order chi connectivity index (χ1) is 20.4. The highest BCUT2D eigenvalue weighted by Gasteiger charge is 2.46. The van der Waals surface area contributed by atoms with Crippen LogP contribution in [0, 0.1) is 5.82 Å². The number of pyridine rings is 1. The molecule has 4 aliphatic heterocycles. The summed E-state index contributed by atoms with van der Waals surface area (Å²) in [5.74, 6) is 0.780. The van der Waals surface area contributed by atoms with E-state index >= 15 is 4.39 Å². The van der Waals surface area contributed by atoms with Crippen LogP contribution in [-0.2, 0) is 33.7 Å². The molecule has 8 rings (SSSR count). The van der Waals surface area contributed by atoms with E-state index in [9.17, 15) is 4.79 Å². The van der Waals surface area contributed by atoms with Crippen LogP contribution in [0.3, 0.4) is 0 Å². The predicted octanol–water partition coefficient (Wildman–Crippen LogP) is 3.92. The number of ether oxygens (including phenoxy) is 3. The summed E-state index contributed by atoms with van der Waals surface area (Å²) in [5.41, 5.74) is 1.76. The summed E-state index contributed by atoms with van der Waals surface area (Å²) in [6, 6.07) is 6.27. The van der Waals surface area contributed by atoms with E-state index in [0.29, 0.717) is 85.7 Å². The van der Waals surface area contributed by atoms with Crippen molar-refractivity contribution in [2.75, 3.05) is 37.8 Å². The lowest BCUT2D eigenvalue weighted by molar-refractivity contribution is -0.201. The maximum Gasteiger partial charge on any atom is 0.261 e. The number of morpholine rings is 1. The van der Waals surface area contributed by atoms with Gasteiger partial charge in [0, 0.05) is 48.4 Å². The standard InChI is InChI=1S/C30H30ClFN6O4/c31-19-3-4-21(23(32)10-19)27-28-22(29(39)38-7-1-2-25(38)34-28)11-26(35-27)36-8-9-41-24(15-36)18-12-33-37(13-18)14-20-5-6-30(42-20)16-40-17-30/h3-4,10-13,20,24H,1-2,5-9,14-17H2/t20?,24-/m1/s1. The molecule has 1 aromatic carbocycles. The van der Waals surface area contributed by atoms with Crippen LogP contribution in [0.5, 0.6) is 0 Å². The van der Waals surface area contributed by atoms with Gasteiger partial charge < -0.3 is 19.1 Å². The Hall–Kier alpha value is -3.38. The number of aryl methyl sites for hydroxylation is 1. The third kappa shape index (κ3) is 4.50. The topological polar surface area (TPSA) is 96.5 Å². The quantitative estimate of drug-likeness (QED) is 0.344. The minimum absolute atomic E-state index is 0.0909. The third-order valence-corrected chi connectivity index (χ3v) is 9.09. The molecular formula is C30H30ClFN6O4. The average Bonchev–Trinajstić information content (AvgIpc) is 3.74. The van der Waals surface area contributed by atoms with Crippen LogP contribution in [0.1, 0.15) is 36.8 Å². The van der Waals surface area contributed by atoms with Crippen molar-refractivity contribution in [3.8, 4) is 11.3 Å². The van der Waals surface area contributed by atoms with Crippen molar-refractivity contribution < 1.29 is 18.6 Å². The first-order valence-corrected chi connectivity index (χ1v) is 14.9. The molecule has 3 saturated heterocycles. The normalized spacial score (nSPS) is 23.0. The lowest BCUT2D eigenvalue weighted by atomic mass is 9.98. The van der Waals surface area contributed by atoms with E-state index in [0.717, 1.165) is 24.8 Å². The summed E-state index contributed by atoms with van der Waals surface area (Å²) in [5, 5.41) is 5.30. The zero-order valence-corrected chi connectivity index (χ0v) is 23.7. The Bertz CT molecular complexity index is 1750. The van der Waals surface area contributed by atoms with E-state index < -0.39 is 5.82 Å². The van der Waals surface area contributed by atoms with Gasteiger partial charge in [-0.15, -0.1) is 0 Å². The smallest absolute Gasteiger partial charge is 0.261 e. The van der Waals surface area contributed by atoms with Gasteiger partial charge in [0.05, 0.1) is 44.1 Å². The van der Waals surface area contributed by atoms with Crippen LogP contribution in [0.4, 0.5) is 10.2 Å². The molecule has 3 aromatic heterocycles. The SMILES string of the molecule is O=c1c2cc(N3CCO[C@@H](c4cnn(CC5CCC6(COC6)O5)c4)C3)nc(-c3ccc(Cl)cc3F)c2nc2n1CCC2. The average molecular weight is 593 g/mol. The van der Waals surface area contributed by atoms with E-state index in [4.69, 9.17) is 35.8 Å². The van der Waals surface area contributed by atoms with Gasteiger partial charge in [0.2, 0.25) is 0 Å². The summed E-state index contributed by atoms with van der Waals surface area (Å²) in [4.78, 5) is 25.4. The van der Waals surface area contributed by atoms with Gasteiger partial charge in [0.1, 0.15) is 40.4 Å². The molecule has 0 bridgehead atoms. The summed E-state index contributed by atoms with van der Waals surface area (Å²) >= 11 is 6.05. The molecule has 3 fully saturated rings. The van der Waals surface area contributed by atoms with Gasteiger partial charge >= 0.3 is 0 Å². The third-order valence-electron chi connectivity index (χ3n) is 8.85. The van der Waals surface area contributed by atoms with Crippen molar-refractivity contribution in [1.82, 2.24) is 24.3 Å². The highest BCUT2D eigenvalue weighted by atomic mass is 35.5.